The minimum Gasteiger partial charge on any atom is -0.357 e. The first-order valence-corrected chi connectivity index (χ1v) is 9.85. The van der Waals surface area contributed by atoms with Crippen LogP contribution in [0, 0.1) is 13.8 Å². The molecule has 8 nitrogen and oxygen atoms in total. The summed E-state index contributed by atoms with van der Waals surface area (Å²) in [6.07, 6.45) is 4.01. The Bertz CT molecular complexity index is 826. The van der Waals surface area contributed by atoms with Crippen LogP contribution in [0.15, 0.2) is 29.4 Å². The summed E-state index contributed by atoms with van der Waals surface area (Å²) < 4.78 is 1.83. The third kappa shape index (κ3) is 6.41. The van der Waals surface area contributed by atoms with Gasteiger partial charge in [0.05, 0.1) is 18.8 Å². The van der Waals surface area contributed by atoms with Gasteiger partial charge in [-0.1, -0.05) is 6.07 Å². The van der Waals surface area contributed by atoms with Crippen LogP contribution >= 0.6 is 24.0 Å². The average Bonchev–Trinajstić information content (AvgIpc) is 3.34. The van der Waals surface area contributed by atoms with Gasteiger partial charge in [-0.2, -0.15) is 5.10 Å². The molecule has 0 spiro atoms. The summed E-state index contributed by atoms with van der Waals surface area (Å²) in [4.78, 5) is 23.2. The summed E-state index contributed by atoms with van der Waals surface area (Å²) in [5.74, 6) is 1.55. The summed E-state index contributed by atoms with van der Waals surface area (Å²) in [7, 11) is 0. The van der Waals surface area contributed by atoms with Crippen molar-refractivity contribution in [2.24, 2.45) is 4.99 Å². The largest absolute Gasteiger partial charge is 0.357 e. The molecule has 1 fully saturated rings. The standard InChI is InChI=1S/C20H29N7O.HI/c1-4-21-20(24-14-19(28)26-9-5-6-10-26)23-13-17-7-8-18(22-12-17)27-16(3)11-15(2)25-27;/h7-8,11-12H,4-6,9-10,13-14H2,1-3H3,(H2,21,23,24);1H. The molecule has 2 N–H and O–H groups in total. The molecule has 1 amide bonds. The first-order chi connectivity index (χ1) is 13.6. The van der Waals surface area contributed by atoms with E-state index in [1.54, 1.807) is 0 Å². The highest BCUT2D eigenvalue weighted by Crippen LogP contribution is 2.11. The summed E-state index contributed by atoms with van der Waals surface area (Å²) in [5.41, 5.74) is 3.02. The van der Waals surface area contributed by atoms with Gasteiger partial charge in [0, 0.05) is 31.5 Å². The van der Waals surface area contributed by atoms with E-state index in [4.69, 9.17) is 0 Å². The van der Waals surface area contributed by atoms with Gasteiger partial charge in [0.2, 0.25) is 5.91 Å². The molecule has 0 bridgehead atoms. The van der Waals surface area contributed by atoms with Crippen molar-refractivity contribution in [2.45, 2.75) is 40.2 Å². The lowest BCUT2D eigenvalue weighted by molar-refractivity contribution is -0.128. The number of carbonyl (C=O) groups is 1. The molecule has 1 saturated heterocycles. The molecule has 0 aliphatic carbocycles. The summed E-state index contributed by atoms with van der Waals surface area (Å²) in [6, 6.07) is 5.97. The third-order valence-corrected chi connectivity index (χ3v) is 4.67. The highest BCUT2D eigenvalue weighted by Gasteiger charge is 2.17. The Morgan fingerprint density at radius 3 is 2.55 bits per heavy atom. The fourth-order valence-electron chi connectivity index (χ4n) is 3.25. The zero-order valence-corrected chi connectivity index (χ0v) is 19.6. The lowest BCUT2D eigenvalue weighted by atomic mass is 10.3. The first kappa shape index (κ1) is 23.1. The Morgan fingerprint density at radius 1 is 1.21 bits per heavy atom. The van der Waals surface area contributed by atoms with Crippen LogP contribution < -0.4 is 10.6 Å². The van der Waals surface area contributed by atoms with E-state index >= 15 is 0 Å². The highest BCUT2D eigenvalue weighted by molar-refractivity contribution is 14.0. The number of hydrogen-bond donors (Lipinski definition) is 2. The van der Waals surface area contributed by atoms with Crippen molar-refractivity contribution in [3.63, 3.8) is 0 Å². The van der Waals surface area contributed by atoms with Crippen LogP contribution in [0.1, 0.15) is 36.7 Å². The molecule has 9 heteroatoms. The topological polar surface area (TPSA) is 87.4 Å². The molecular weight excluding hydrogens is 481 g/mol. The van der Waals surface area contributed by atoms with Gasteiger partial charge in [0.1, 0.15) is 0 Å². The maximum Gasteiger partial charge on any atom is 0.241 e. The molecule has 3 rings (SSSR count). The molecule has 158 valence electrons. The van der Waals surface area contributed by atoms with Crippen LogP contribution in [0.25, 0.3) is 5.82 Å². The molecule has 0 saturated carbocycles. The molecule has 0 unspecified atom stereocenters. The van der Waals surface area contributed by atoms with E-state index in [0.29, 0.717) is 12.5 Å². The zero-order chi connectivity index (χ0) is 19.9. The quantitative estimate of drug-likeness (QED) is 0.353. The molecule has 29 heavy (non-hydrogen) atoms. The maximum atomic E-state index is 12.2. The molecular formula is C20H30IN7O. The van der Waals surface area contributed by atoms with Crippen molar-refractivity contribution in [1.82, 2.24) is 30.3 Å². The summed E-state index contributed by atoms with van der Waals surface area (Å²) >= 11 is 0. The van der Waals surface area contributed by atoms with Gasteiger partial charge in [-0.15, -0.1) is 24.0 Å². The predicted octanol–water partition coefficient (Wildman–Crippen LogP) is 2.18. The fraction of sp³-hybridized carbons (Fsp3) is 0.500. The van der Waals surface area contributed by atoms with E-state index in [1.807, 2.05) is 54.7 Å². The number of carbonyl (C=O) groups excluding carboxylic acids is 1. The number of aliphatic imine (C=N–C) groups is 1. The monoisotopic (exact) mass is 511 g/mol. The van der Waals surface area contributed by atoms with Gasteiger partial charge in [0.15, 0.2) is 11.8 Å². The number of rotatable bonds is 6. The Labute approximate surface area is 189 Å². The Hall–Kier alpha value is -2.17. The van der Waals surface area contributed by atoms with Gasteiger partial charge in [-0.25, -0.2) is 14.7 Å². The molecule has 3 heterocycles. The second kappa shape index (κ2) is 11.1. The molecule has 0 aromatic carbocycles. The number of likely N-dealkylation sites (tertiary alicyclic amines) is 1. The Kier molecular flexibility index (Phi) is 8.87. The zero-order valence-electron chi connectivity index (χ0n) is 17.3. The number of amides is 1. The number of halogens is 1. The van der Waals surface area contributed by atoms with Crippen LogP contribution in [0.4, 0.5) is 0 Å². The number of pyridine rings is 1. The van der Waals surface area contributed by atoms with E-state index in [9.17, 15) is 4.79 Å². The number of nitrogens with zero attached hydrogens (tertiary/aromatic N) is 5. The van der Waals surface area contributed by atoms with E-state index in [0.717, 1.165) is 55.2 Å². The van der Waals surface area contributed by atoms with E-state index in [1.165, 1.54) is 0 Å². The smallest absolute Gasteiger partial charge is 0.241 e. The minimum absolute atomic E-state index is 0. The van der Waals surface area contributed by atoms with Gasteiger partial charge in [-0.3, -0.25) is 4.79 Å². The van der Waals surface area contributed by atoms with Crippen molar-refractivity contribution in [3.8, 4) is 5.82 Å². The maximum absolute atomic E-state index is 12.2. The second-order valence-electron chi connectivity index (χ2n) is 7.00. The molecule has 1 aliphatic heterocycles. The molecule has 2 aromatic heterocycles. The molecule has 2 aromatic rings. The van der Waals surface area contributed by atoms with E-state index < -0.39 is 0 Å². The van der Waals surface area contributed by atoms with Crippen molar-refractivity contribution in [2.75, 3.05) is 26.2 Å². The van der Waals surface area contributed by atoms with Crippen LogP contribution in [0.5, 0.6) is 0 Å². The Balaban J connectivity index is 0.00000300. The van der Waals surface area contributed by atoms with Gasteiger partial charge in [0.25, 0.3) is 0 Å². The van der Waals surface area contributed by atoms with Crippen LogP contribution in [-0.2, 0) is 11.3 Å². The second-order valence-corrected chi connectivity index (χ2v) is 7.00. The highest BCUT2D eigenvalue weighted by atomic mass is 127. The van der Waals surface area contributed by atoms with Crippen LogP contribution in [-0.4, -0.2) is 57.7 Å². The average molecular weight is 511 g/mol. The number of aromatic nitrogens is 3. The minimum atomic E-state index is 0. The van der Waals surface area contributed by atoms with E-state index in [-0.39, 0.29) is 36.4 Å². The van der Waals surface area contributed by atoms with Crippen LogP contribution in [0.3, 0.4) is 0 Å². The number of aryl methyl sites for hydroxylation is 2. The van der Waals surface area contributed by atoms with Crippen molar-refractivity contribution in [3.05, 3.63) is 41.3 Å². The first-order valence-electron chi connectivity index (χ1n) is 9.85. The lowest BCUT2D eigenvalue weighted by Gasteiger charge is -2.17. The third-order valence-electron chi connectivity index (χ3n) is 4.67. The van der Waals surface area contributed by atoms with Gasteiger partial charge < -0.3 is 15.5 Å². The fourth-order valence-corrected chi connectivity index (χ4v) is 3.25. The molecule has 0 atom stereocenters. The number of guanidine groups is 1. The molecule has 1 aliphatic rings. The van der Waals surface area contributed by atoms with Gasteiger partial charge in [-0.05, 0) is 51.3 Å². The SMILES string of the molecule is CCNC(=NCc1ccc(-n2nc(C)cc2C)nc1)NCC(=O)N1CCCC1.I. The number of nitrogens with one attached hydrogen (secondary N) is 2. The Morgan fingerprint density at radius 2 is 1.97 bits per heavy atom. The van der Waals surface area contributed by atoms with Crippen molar-refractivity contribution < 1.29 is 4.79 Å². The van der Waals surface area contributed by atoms with Crippen molar-refractivity contribution in [1.29, 1.82) is 0 Å². The normalized spacial score (nSPS) is 13.9. The van der Waals surface area contributed by atoms with E-state index in [2.05, 4.69) is 25.7 Å². The molecule has 0 radical (unpaired) electrons. The van der Waals surface area contributed by atoms with Crippen molar-refractivity contribution >= 4 is 35.8 Å². The lowest BCUT2D eigenvalue weighted by Crippen LogP contribution is -2.44. The summed E-state index contributed by atoms with van der Waals surface area (Å²) in [5, 5.41) is 10.8. The predicted molar refractivity (Wildman–Crippen MR) is 125 cm³/mol. The summed E-state index contributed by atoms with van der Waals surface area (Å²) in [6.45, 7) is 9.19. The number of hydrogen-bond acceptors (Lipinski definition) is 4. The van der Waals surface area contributed by atoms with Crippen LogP contribution in [0.2, 0.25) is 0 Å². The van der Waals surface area contributed by atoms with Gasteiger partial charge >= 0.3 is 0 Å².